The Hall–Kier alpha value is -1.59. The van der Waals surface area contributed by atoms with Crippen LogP contribution >= 0.6 is 0 Å². The fourth-order valence-electron chi connectivity index (χ4n) is 2.90. The number of para-hydroxylation sites is 1. The molecule has 0 bridgehead atoms. The third kappa shape index (κ3) is 4.44. The number of nitrogen functional groups attached to an aromatic ring is 1. The maximum absolute atomic E-state index is 11.6. The van der Waals surface area contributed by atoms with Crippen molar-refractivity contribution in [2.45, 2.75) is 26.2 Å². The predicted molar refractivity (Wildman–Crippen MR) is 83.0 cm³/mol. The Morgan fingerprint density at radius 3 is 3.05 bits per heavy atom. The highest BCUT2D eigenvalue weighted by Gasteiger charge is 2.21. The summed E-state index contributed by atoms with van der Waals surface area (Å²) in [5.74, 6) is 6.28. The molecule has 21 heavy (non-hydrogen) atoms. The molecule has 1 aromatic carbocycles. The molecule has 1 aromatic rings. The van der Waals surface area contributed by atoms with E-state index in [1.165, 1.54) is 25.8 Å². The van der Waals surface area contributed by atoms with Crippen LogP contribution in [0.5, 0.6) is 5.75 Å². The van der Waals surface area contributed by atoms with Gasteiger partial charge in [-0.25, -0.2) is 5.84 Å². The third-order valence-corrected chi connectivity index (χ3v) is 3.99. The second-order valence-electron chi connectivity index (χ2n) is 5.56. The number of hydrogen-bond donors (Lipinski definition) is 2. The van der Waals surface area contributed by atoms with Gasteiger partial charge in [-0.3, -0.25) is 15.1 Å². The number of likely N-dealkylation sites (tertiary alicyclic amines) is 1. The Kier molecular flexibility index (Phi) is 6.02. The van der Waals surface area contributed by atoms with E-state index in [4.69, 9.17) is 10.6 Å². The number of nitrogens with zero attached hydrogens (tertiary/aromatic N) is 1. The minimum absolute atomic E-state index is 0.324. The van der Waals surface area contributed by atoms with Crippen LogP contribution in [0.3, 0.4) is 0 Å². The van der Waals surface area contributed by atoms with Crippen molar-refractivity contribution in [2.75, 3.05) is 26.2 Å². The normalized spacial score (nSPS) is 18.7. The molecule has 0 aliphatic carbocycles. The van der Waals surface area contributed by atoms with Crippen LogP contribution in [0, 0.1) is 5.92 Å². The van der Waals surface area contributed by atoms with Crippen LogP contribution in [0.4, 0.5) is 0 Å². The minimum atomic E-state index is -0.324. The lowest BCUT2D eigenvalue weighted by atomic mass is 10.0. The van der Waals surface area contributed by atoms with Crippen molar-refractivity contribution in [3.63, 3.8) is 0 Å². The fourth-order valence-corrected chi connectivity index (χ4v) is 2.90. The van der Waals surface area contributed by atoms with E-state index in [0.717, 1.165) is 19.0 Å². The summed E-state index contributed by atoms with van der Waals surface area (Å²) < 4.78 is 5.76. The first kappa shape index (κ1) is 15.8. The molecule has 1 amide bonds. The Balaban J connectivity index is 1.80. The van der Waals surface area contributed by atoms with Crippen molar-refractivity contribution in [3.05, 3.63) is 29.8 Å². The average Bonchev–Trinajstić information content (AvgIpc) is 2.95. The van der Waals surface area contributed by atoms with E-state index < -0.39 is 0 Å². The van der Waals surface area contributed by atoms with E-state index in [9.17, 15) is 4.79 Å². The number of nitrogens with two attached hydrogens (primary N) is 1. The van der Waals surface area contributed by atoms with E-state index in [0.29, 0.717) is 17.9 Å². The number of hydrogen-bond acceptors (Lipinski definition) is 4. The lowest BCUT2D eigenvalue weighted by Gasteiger charge is -2.17. The number of ether oxygens (including phenoxy) is 1. The van der Waals surface area contributed by atoms with Crippen LogP contribution in [0.25, 0.3) is 0 Å². The van der Waals surface area contributed by atoms with Crippen molar-refractivity contribution in [1.82, 2.24) is 10.3 Å². The van der Waals surface area contributed by atoms with Gasteiger partial charge in [-0.15, -0.1) is 0 Å². The summed E-state index contributed by atoms with van der Waals surface area (Å²) in [6.07, 6.45) is 3.87. The van der Waals surface area contributed by atoms with Gasteiger partial charge in [0.15, 0.2) is 0 Å². The molecule has 0 saturated carbocycles. The zero-order valence-electron chi connectivity index (χ0n) is 12.7. The van der Waals surface area contributed by atoms with Crippen molar-refractivity contribution in [3.8, 4) is 5.75 Å². The Morgan fingerprint density at radius 2 is 2.29 bits per heavy atom. The molecule has 5 nitrogen and oxygen atoms in total. The average molecular weight is 291 g/mol. The topological polar surface area (TPSA) is 67.6 Å². The number of hydrazine groups is 1. The molecule has 3 N–H and O–H groups in total. The van der Waals surface area contributed by atoms with Crippen LogP contribution in [-0.4, -0.2) is 37.0 Å². The summed E-state index contributed by atoms with van der Waals surface area (Å²) in [7, 11) is 0. The molecule has 1 heterocycles. The van der Waals surface area contributed by atoms with E-state index in [2.05, 4.69) is 17.2 Å². The van der Waals surface area contributed by atoms with Crippen molar-refractivity contribution in [1.29, 1.82) is 0 Å². The van der Waals surface area contributed by atoms with Crippen LogP contribution in [0.1, 0.15) is 36.5 Å². The van der Waals surface area contributed by atoms with Gasteiger partial charge in [0.05, 0.1) is 5.56 Å². The highest BCUT2D eigenvalue weighted by atomic mass is 16.5. The SMILES string of the molecule is CCCC1CCN(CCOc2ccccc2C(=O)NN)C1. The molecule has 1 aliphatic rings. The number of nitrogens with one attached hydrogen (secondary N) is 1. The second kappa shape index (κ2) is 8.00. The fraction of sp³-hybridized carbons (Fsp3) is 0.562. The quantitative estimate of drug-likeness (QED) is 0.456. The van der Waals surface area contributed by atoms with Gasteiger partial charge in [-0.1, -0.05) is 25.5 Å². The Labute approximate surface area is 126 Å². The molecular weight excluding hydrogens is 266 g/mol. The van der Waals surface area contributed by atoms with Crippen LogP contribution in [0.2, 0.25) is 0 Å². The summed E-state index contributed by atoms with van der Waals surface area (Å²) in [6, 6.07) is 7.17. The standard InChI is InChI=1S/C16H25N3O2/c1-2-5-13-8-9-19(12-13)10-11-21-15-7-4-3-6-14(15)16(20)18-17/h3-4,6-7,13H,2,5,8-12,17H2,1H3,(H,18,20). The smallest absolute Gasteiger partial charge is 0.268 e. The first-order chi connectivity index (χ1) is 10.2. The van der Waals surface area contributed by atoms with Gasteiger partial charge < -0.3 is 4.74 Å². The zero-order chi connectivity index (χ0) is 15.1. The molecule has 116 valence electrons. The molecule has 1 aliphatic heterocycles. The van der Waals surface area contributed by atoms with E-state index in [1.54, 1.807) is 18.2 Å². The maximum atomic E-state index is 11.6. The highest BCUT2D eigenvalue weighted by molar-refractivity contribution is 5.96. The highest BCUT2D eigenvalue weighted by Crippen LogP contribution is 2.21. The summed E-state index contributed by atoms with van der Waals surface area (Å²) in [5.41, 5.74) is 2.62. The summed E-state index contributed by atoms with van der Waals surface area (Å²) in [5, 5.41) is 0. The van der Waals surface area contributed by atoms with Crippen LogP contribution < -0.4 is 16.0 Å². The number of rotatable bonds is 7. The van der Waals surface area contributed by atoms with Gasteiger partial charge in [0.1, 0.15) is 12.4 Å². The second-order valence-corrected chi connectivity index (χ2v) is 5.56. The molecule has 1 unspecified atom stereocenters. The number of amides is 1. The lowest BCUT2D eigenvalue weighted by molar-refractivity contribution is 0.0949. The first-order valence-electron chi connectivity index (χ1n) is 7.69. The van der Waals surface area contributed by atoms with Gasteiger partial charge in [-0.05, 0) is 37.4 Å². The first-order valence-corrected chi connectivity index (χ1v) is 7.69. The summed E-state index contributed by atoms with van der Waals surface area (Å²) in [6.45, 7) is 6.05. The molecule has 1 saturated heterocycles. The molecule has 1 fully saturated rings. The van der Waals surface area contributed by atoms with Crippen LogP contribution in [0.15, 0.2) is 24.3 Å². The molecule has 0 radical (unpaired) electrons. The number of carbonyl (C=O) groups is 1. The zero-order valence-corrected chi connectivity index (χ0v) is 12.7. The van der Waals surface area contributed by atoms with E-state index in [1.807, 2.05) is 6.07 Å². The van der Waals surface area contributed by atoms with Gasteiger partial charge in [-0.2, -0.15) is 0 Å². The van der Waals surface area contributed by atoms with Crippen molar-refractivity contribution < 1.29 is 9.53 Å². The Bertz CT molecular complexity index is 465. The monoisotopic (exact) mass is 291 g/mol. The van der Waals surface area contributed by atoms with E-state index in [-0.39, 0.29) is 5.91 Å². The number of carbonyl (C=O) groups excluding carboxylic acids is 1. The van der Waals surface area contributed by atoms with Crippen LogP contribution in [-0.2, 0) is 0 Å². The number of benzene rings is 1. The molecular formula is C16H25N3O2. The minimum Gasteiger partial charge on any atom is -0.491 e. The third-order valence-electron chi connectivity index (χ3n) is 3.99. The molecule has 0 spiro atoms. The van der Waals surface area contributed by atoms with Crippen molar-refractivity contribution in [2.24, 2.45) is 11.8 Å². The van der Waals surface area contributed by atoms with Gasteiger partial charge >= 0.3 is 0 Å². The summed E-state index contributed by atoms with van der Waals surface area (Å²) in [4.78, 5) is 14.1. The predicted octanol–water partition coefficient (Wildman–Crippen LogP) is 1.79. The largest absolute Gasteiger partial charge is 0.491 e. The molecule has 2 rings (SSSR count). The maximum Gasteiger partial charge on any atom is 0.268 e. The van der Waals surface area contributed by atoms with Gasteiger partial charge in [0, 0.05) is 13.1 Å². The molecule has 0 aromatic heterocycles. The Morgan fingerprint density at radius 1 is 1.48 bits per heavy atom. The van der Waals surface area contributed by atoms with Gasteiger partial charge in [0.2, 0.25) is 0 Å². The lowest BCUT2D eigenvalue weighted by Crippen LogP contribution is -2.31. The van der Waals surface area contributed by atoms with E-state index >= 15 is 0 Å². The molecule has 1 atom stereocenters. The van der Waals surface area contributed by atoms with Gasteiger partial charge in [0.25, 0.3) is 5.91 Å². The molecule has 5 heteroatoms. The summed E-state index contributed by atoms with van der Waals surface area (Å²) >= 11 is 0. The van der Waals surface area contributed by atoms with Crippen molar-refractivity contribution >= 4 is 5.91 Å².